The molecule has 0 atom stereocenters. The number of H-pyrrole nitrogens is 1. The maximum Gasteiger partial charge on any atom is 0.205 e. The quantitative estimate of drug-likeness (QED) is 0.467. The molecule has 0 unspecified atom stereocenters. The molecule has 0 saturated carbocycles. The van der Waals surface area contributed by atoms with Crippen molar-refractivity contribution in [3.05, 3.63) is 68.8 Å². The Labute approximate surface area is 143 Å². The lowest BCUT2D eigenvalue weighted by molar-refractivity contribution is 0.439. The Balaban J connectivity index is 1.81. The van der Waals surface area contributed by atoms with Gasteiger partial charge < -0.3 is 9.72 Å². The third-order valence-corrected chi connectivity index (χ3v) is 4.48. The fourth-order valence-electron chi connectivity index (χ4n) is 2.65. The van der Waals surface area contributed by atoms with Gasteiger partial charge in [0.15, 0.2) is 0 Å². The van der Waals surface area contributed by atoms with Crippen LogP contribution in [-0.4, -0.2) is 9.97 Å². The van der Waals surface area contributed by atoms with E-state index in [9.17, 15) is 0 Å². The van der Waals surface area contributed by atoms with Crippen LogP contribution in [0.25, 0.3) is 11.4 Å². The minimum atomic E-state index is 0.556. The van der Waals surface area contributed by atoms with E-state index in [1.807, 2.05) is 42.5 Å². The van der Waals surface area contributed by atoms with E-state index in [2.05, 4.69) is 16.9 Å². The highest BCUT2D eigenvalue weighted by Gasteiger charge is 2.20. The van der Waals surface area contributed by atoms with Gasteiger partial charge in [0.1, 0.15) is 16.2 Å². The number of hydrogen-bond donors (Lipinski definition) is 1. The summed E-state index contributed by atoms with van der Waals surface area (Å²) in [6.07, 6.45) is 0.668. The Hall–Kier alpha value is -2.17. The summed E-state index contributed by atoms with van der Waals surface area (Å²) in [5.41, 5.74) is 4.10. The van der Waals surface area contributed by atoms with Crippen LogP contribution in [0.5, 0.6) is 11.6 Å². The van der Waals surface area contributed by atoms with Crippen LogP contribution in [0.1, 0.15) is 16.7 Å². The minimum absolute atomic E-state index is 0.556. The molecular formula is C18H13ClN2OS. The summed E-state index contributed by atoms with van der Waals surface area (Å²) in [4.78, 5) is 7.79. The summed E-state index contributed by atoms with van der Waals surface area (Å²) >= 11 is 11.5. The van der Waals surface area contributed by atoms with Gasteiger partial charge in [-0.3, -0.25) is 0 Å². The molecule has 2 aromatic carbocycles. The number of aromatic nitrogens is 2. The summed E-state index contributed by atoms with van der Waals surface area (Å²) in [6.45, 7) is 2.05. The van der Waals surface area contributed by atoms with Crippen molar-refractivity contribution in [2.24, 2.45) is 0 Å². The van der Waals surface area contributed by atoms with Gasteiger partial charge >= 0.3 is 0 Å². The van der Waals surface area contributed by atoms with E-state index < -0.39 is 0 Å². The van der Waals surface area contributed by atoms with E-state index in [1.54, 1.807) is 0 Å². The molecule has 23 heavy (non-hydrogen) atoms. The summed E-state index contributed by atoms with van der Waals surface area (Å²) in [7, 11) is 0. The molecular weight excluding hydrogens is 328 g/mol. The molecule has 1 aromatic heterocycles. The maximum atomic E-state index is 6.06. The predicted molar refractivity (Wildman–Crippen MR) is 93.9 cm³/mol. The average Bonchev–Trinajstić information content (AvgIpc) is 2.54. The van der Waals surface area contributed by atoms with Gasteiger partial charge in [0.05, 0.1) is 5.56 Å². The molecule has 114 valence electrons. The van der Waals surface area contributed by atoms with Gasteiger partial charge in [-0.2, -0.15) is 0 Å². The molecule has 1 aliphatic heterocycles. The number of aryl methyl sites for hydroxylation is 1. The van der Waals surface area contributed by atoms with E-state index in [1.165, 1.54) is 5.56 Å². The first-order valence-corrected chi connectivity index (χ1v) is 8.05. The number of halogens is 1. The van der Waals surface area contributed by atoms with Crippen LogP contribution in [-0.2, 0) is 6.42 Å². The third-order valence-electron chi connectivity index (χ3n) is 3.90. The average molecular weight is 341 g/mol. The van der Waals surface area contributed by atoms with Crippen LogP contribution in [0.15, 0.2) is 42.5 Å². The largest absolute Gasteiger partial charge is 0.440 e. The minimum Gasteiger partial charge on any atom is -0.440 e. The highest BCUT2D eigenvalue weighted by atomic mass is 35.5. The first kappa shape index (κ1) is 14.4. The number of ether oxygens (including phenoxy) is 1. The van der Waals surface area contributed by atoms with Crippen LogP contribution in [0.2, 0.25) is 5.02 Å². The molecule has 0 radical (unpaired) electrons. The van der Waals surface area contributed by atoms with Crippen molar-refractivity contribution in [2.45, 2.75) is 13.3 Å². The van der Waals surface area contributed by atoms with Crippen LogP contribution in [0, 0.1) is 11.6 Å². The molecule has 5 heteroatoms. The van der Waals surface area contributed by atoms with Crippen molar-refractivity contribution < 1.29 is 4.74 Å². The zero-order valence-corrected chi connectivity index (χ0v) is 14.0. The van der Waals surface area contributed by atoms with Gasteiger partial charge in [-0.25, -0.2) is 4.98 Å². The van der Waals surface area contributed by atoms with Gasteiger partial charge in [0.25, 0.3) is 0 Å². The molecule has 0 bridgehead atoms. The van der Waals surface area contributed by atoms with E-state index in [0.717, 1.165) is 22.4 Å². The topological polar surface area (TPSA) is 37.9 Å². The Morgan fingerprint density at radius 1 is 1.17 bits per heavy atom. The lowest BCUT2D eigenvalue weighted by Crippen LogP contribution is -2.07. The second-order valence-electron chi connectivity index (χ2n) is 5.60. The van der Waals surface area contributed by atoms with E-state index in [0.29, 0.717) is 27.8 Å². The summed E-state index contributed by atoms with van der Waals surface area (Å²) in [6, 6.07) is 13.7. The molecule has 3 aromatic rings. The van der Waals surface area contributed by atoms with Crippen molar-refractivity contribution in [1.82, 2.24) is 9.97 Å². The standard InChI is InChI=1S/C18H13ClN2OS/c1-10-2-4-11(5-3-10)16-20-17-14(18(23)21-16)9-12-8-13(19)6-7-15(12)22-17/h2-8H,9H2,1H3,(H,20,21,23). The molecule has 0 fully saturated rings. The smallest absolute Gasteiger partial charge is 0.205 e. The first-order valence-electron chi connectivity index (χ1n) is 7.27. The first-order chi connectivity index (χ1) is 11.1. The Bertz CT molecular complexity index is 964. The highest BCUT2D eigenvalue weighted by Crippen LogP contribution is 2.37. The second kappa shape index (κ2) is 5.48. The number of aromatic amines is 1. The van der Waals surface area contributed by atoms with Crippen LogP contribution in [0.4, 0.5) is 0 Å². The van der Waals surface area contributed by atoms with Crippen LogP contribution >= 0.6 is 23.8 Å². The fraction of sp³-hybridized carbons (Fsp3) is 0.111. The number of nitrogens with one attached hydrogen (secondary N) is 1. The third kappa shape index (κ3) is 2.64. The maximum absolute atomic E-state index is 6.06. The van der Waals surface area contributed by atoms with Gasteiger partial charge in [-0.1, -0.05) is 53.6 Å². The molecule has 3 nitrogen and oxygen atoms in total. The van der Waals surface area contributed by atoms with Crippen LogP contribution < -0.4 is 4.74 Å². The van der Waals surface area contributed by atoms with Crippen molar-refractivity contribution in [3.8, 4) is 23.0 Å². The molecule has 0 amide bonds. The number of nitrogens with zero attached hydrogens (tertiary/aromatic N) is 1. The zero-order valence-electron chi connectivity index (χ0n) is 12.4. The highest BCUT2D eigenvalue weighted by molar-refractivity contribution is 7.71. The summed E-state index contributed by atoms with van der Waals surface area (Å²) < 4.78 is 6.53. The number of fused-ring (bicyclic) bond motifs is 2. The van der Waals surface area contributed by atoms with Gasteiger partial charge in [0.2, 0.25) is 5.88 Å². The van der Waals surface area contributed by atoms with Crippen molar-refractivity contribution >= 4 is 23.8 Å². The molecule has 2 heterocycles. The molecule has 0 saturated heterocycles. The van der Waals surface area contributed by atoms with E-state index in [4.69, 9.17) is 28.6 Å². The summed E-state index contributed by atoms with van der Waals surface area (Å²) in [5, 5.41) is 0.690. The number of rotatable bonds is 1. The van der Waals surface area contributed by atoms with E-state index in [-0.39, 0.29) is 0 Å². The molecule has 1 N–H and O–H groups in total. The summed E-state index contributed by atoms with van der Waals surface area (Å²) in [5.74, 6) is 2.18. The Morgan fingerprint density at radius 2 is 1.96 bits per heavy atom. The Kier molecular flexibility index (Phi) is 3.43. The molecule has 4 rings (SSSR count). The lowest BCUT2D eigenvalue weighted by atomic mass is 10.0. The van der Waals surface area contributed by atoms with Gasteiger partial charge in [-0.05, 0) is 25.1 Å². The zero-order chi connectivity index (χ0) is 16.0. The predicted octanol–water partition coefficient (Wildman–Crippen LogP) is 5.46. The van der Waals surface area contributed by atoms with Crippen molar-refractivity contribution in [3.63, 3.8) is 0 Å². The SMILES string of the molecule is Cc1ccc(-c2nc(=S)c3c([nH]2)Oc2ccc(Cl)cc2C3)cc1. The Morgan fingerprint density at radius 3 is 2.74 bits per heavy atom. The van der Waals surface area contributed by atoms with Crippen molar-refractivity contribution in [1.29, 1.82) is 0 Å². The van der Waals surface area contributed by atoms with Crippen LogP contribution in [0.3, 0.4) is 0 Å². The van der Waals surface area contributed by atoms with Crippen molar-refractivity contribution in [2.75, 3.05) is 0 Å². The van der Waals surface area contributed by atoms with Gasteiger partial charge in [-0.15, -0.1) is 0 Å². The number of hydrogen-bond acceptors (Lipinski definition) is 3. The van der Waals surface area contributed by atoms with Gasteiger partial charge in [0, 0.05) is 22.6 Å². The normalized spacial score (nSPS) is 12.3. The lowest BCUT2D eigenvalue weighted by Gasteiger charge is -2.20. The monoisotopic (exact) mass is 340 g/mol. The molecule has 1 aliphatic rings. The fourth-order valence-corrected chi connectivity index (χ4v) is 3.11. The number of benzene rings is 2. The van der Waals surface area contributed by atoms with E-state index >= 15 is 0 Å². The second-order valence-corrected chi connectivity index (χ2v) is 6.42. The molecule has 0 aliphatic carbocycles. The molecule has 0 spiro atoms.